The van der Waals surface area contributed by atoms with Crippen molar-refractivity contribution < 1.29 is 18.7 Å². The number of ether oxygens (including phenoxy) is 2. The molecule has 1 aromatic carbocycles. The van der Waals surface area contributed by atoms with Crippen molar-refractivity contribution in [3.63, 3.8) is 0 Å². The normalized spacial score (nSPS) is 10.5. The summed E-state index contributed by atoms with van der Waals surface area (Å²) in [7, 11) is 1.36. The molecular formula is C14H20FNO3. The molecule has 106 valence electrons. The molecule has 0 fully saturated rings. The predicted octanol–water partition coefficient (Wildman–Crippen LogP) is 2.09. The lowest BCUT2D eigenvalue weighted by Gasteiger charge is -2.20. The minimum Gasteiger partial charge on any atom is -0.489 e. The van der Waals surface area contributed by atoms with Crippen molar-refractivity contribution in [2.75, 3.05) is 33.4 Å². The summed E-state index contributed by atoms with van der Waals surface area (Å²) < 4.78 is 23.3. The summed E-state index contributed by atoms with van der Waals surface area (Å²) in [4.78, 5) is 13.1. The van der Waals surface area contributed by atoms with Crippen LogP contribution in [0.5, 0.6) is 5.75 Å². The van der Waals surface area contributed by atoms with E-state index >= 15 is 0 Å². The Morgan fingerprint density at radius 1 is 1.32 bits per heavy atom. The molecule has 0 saturated heterocycles. The van der Waals surface area contributed by atoms with Crippen molar-refractivity contribution >= 4 is 5.97 Å². The number of nitrogens with zero attached hydrogens (tertiary/aromatic N) is 1. The number of benzene rings is 1. The molecular weight excluding hydrogens is 249 g/mol. The maximum absolute atomic E-state index is 13.3. The van der Waals surface area contributed by atoms with Gasteiger partial charge in [-0.05, 0) is 25.1 Å². The zero-order valence-corrected chi connectivity index (χ0v) is 11.4. The van der Waals surface area contributed by atoms with Gasteiger partial charge in [0.25, 0.3) is 0 Å². The van der Waals surface area contributed by atoms with Crippen LogP contribution in [-0.4, -0.2) is 44.2 Å². The Morgan fingerprint density at radius 2 is 2.05 bits per heavy atom. The first-order chi connectivity index (χ1) is 9.17. The van der Waals surface area contributed by atoms with E-state index in [1.807, 2.05) is 11.8 Å². The number of esters is 1. The largest absolute Gasteiger partial charge is 0.489 e. The highest BCUT2D eigenvalue weighted by Crippen LogP contribution is 2.15. The van der Waals surface area contributed by atoms with E-state index in [4.69, 9.17) is 4.74 Å². The zero-order valence-electron chi connectivity index (χ0n) is 11.4. The summed E-state index contributed by atoms with van der Waals surface area (Å²) in [5.74, 6) is -0.422. The average Bonchev–Trinajstić information content (AvgIpc) is 2.41. The van der Waals surface area contributed by atoms with Gasteiger partial charge in [-0.25, -0.2) is 4.39 Å². The minimum atomic E-state index is -0.377. The molecule has 19 heavy (non-hydrogen) atoms. The smallest absolute Gasteiger partial charge is 0.319 e. The van der Waals surface area contributed by atoms with Crippen LogP contribution < -0.4 is 4.74 Å². The van der Waals surface area contributed by atoms with Gasteiger partial charge < -0.3 is 9.47 Å². The van der Waals surface area contributed by atoms with Gasteiger partial charge in [0.05, 0.1) is 13.7 Å². The van der Waals surface area contributed by atoms with E-state index in [0.29, 0.717) is 13.2 Å². The number of hydrogen-bond donors (Lipinski definition) is 0. The van der Waals surface area contributed by atoms with Crippen molar-refractivity contribution in [3.8, 4) is 5.75 Å². The summed E-state index contributed by atoms with van der Waals surface area (Å²) in [6, 6.07) is 6.27. The first-order valence-corrected chi connectivity index (χ1v) is 6.33. The van der Waals surface area contributed by atoms with Gasteiger partial charge >= 0.3 is 5.97 Å². The lowest BCUT2D eigenvalue weighted by atomic mass is 10.3. The van der Waals surface area contributed by atoms with Crippen molar-refractivity contribution in [1.82, 2.24) is 4.90 Å². The lowest BCUT2D eigenvalue weighted by Crippen LogP contribution is -2.34. The second-order valence-electron chi connectivity index (χ2n) is 4.13. The Hall–Kier alpha value is -1.62. The molecule has 0 heterocycles. The average molecular weight is 269 g/mol. The van der Waals surface area contributed by atoms with Crippen LogP contribution in [-0.2, 0) is 9.53 Å². The predicted molar refractivity (Wildman–Crippen MR) is 70.6 cm³/mol. The molecule has 0 radical (unpaired) electrons. The Bertz CT molecular complexity index is 398. The second-order valence-corrected chi connectivity index (χ2v) is 4.13. The third kappa shape index (κ3) is 5.70. The molecule has 0 saturated carbocycles. The van der Waals surface area contributed by atoms with E-state index in [1.54, 1.807) is 18.2 Å². The molecule has 0 aliphatic rings. The summed E-state index contributed by atoms with van der Waals surface area (Å²) in [5.41, 5.74) is 0. The van der Waals surface area contributed by atoms with Crippen molar-refractivity contribution in [2.45, 2.75) is 13.3 Å². The number of methoxy groups -OCH3 is 1. The van der Waals surface area contributed by atoms with E-state index in [1.165, 1.54) is 13.2 Å². The summed E-state index contributed by atoms with van der Waals surface area (Å²) in [5, 5.41) is 0. The second kappa shape index (κ2) is 8.48. The highest BCUT2D eigenvalue weighted by atomic mass is 19.1. The van der Waals surface area contributed by atoms with Gasteiger partial charge in [-0.1, -0.05) is 19.1 Å². The number of rotatable bonds is 8. The van der Waals surface area contributed by atoms with E-state index in [0.717, 1.165) is 13.0 Å². The van der Waals surface area contributed by atoms with Gasteiger partial charge in [-0.15, -0.1) is 0 Å². The minimum absolute atomic E-state index is 0.227. The fraction of sp³-hybridized carbons (Fsp3) is 0.500. The van der Waals surface area contributed by atoms with Crippen molar-refractivity contribution in [3.05, 3.63) is 30.1 Å². The van der Waals surface area contributed by atoms with Crippen LogP contribution in [0.3, 0.4) is 0 Å². The Labute approximate surface area is 113 Å². The topological polar surface area (TPSA) is 38.8 Å². The fourth-order valence-electron chi connectivity index (χ4n) is 1.68. The van der Waals surface area contributed by atoms with Crippen LogP contribution in [0.4, 0.5) is 4.39 Å². The molecule has 5 heteroatoms. The van der Waals surface area contributed by atoms with Gasteiger partial charge in [-0.3, -0.25) is 9.69 Å². The van der Waals surface area contributed by atoms with Crippen LogP contribution >= 0.6 is 0 Å². The number of hydrogen-bond acceptors (Lipinski definition) is 4. The first-order valence-electron chi connectivity index (χ1n) is 6.33. The van der Waals surface area contributed by atoms with Gasteiger partial charge in [0.2, 0.25) is 0 Å². The van der Waals surface area contributed by atoms with Crippen molar-refractivity contribution in [1.29, 1.82) is 0 Å². The SMILES string of the molecule is CCCN(CCOc1ccccc1F)CC(=O)OC. The highest BCUT2D eigenvalue weighted by molar-refractivity contribution is 5.71. The van der Waals surface area contributed by atoms with E-state index < -0.39 is 0 Å². The van der Waals surface area contributed by atoms with E-state index in [2.05, 4.69) is 4.74 Å². The number of para-hydroxylation sites is 1. The molecule has 0 amide bonds. The molecule has 0 spiro atoms. The number of halogens is 1. The Morgan fingerprint density at radius 3 is 2.68 bits per heavy atom. The maximum atomic E-state index is 13.3. The molecule has 0 atom stereocenters. The molecule has 0 bridgehead atoms. The quantitative estimate of drug-likeness (QED) is 0.677. The van der Waals surface area contributed by atoms with Gasteiger partial charge in [0.15, 0.2) is 11.6 Å². The van der Waals surface area contributed by atoms with Crippen LogP contribution in [0.2, 0.25) is 0 Å². The summed E-state index contributed by atoms with van der Waals surface area (Å²) in [6.07, 6.45) is 0.927. The van der Waals surface area contributed by atoms with Crippen LogP contribution in [0.25, 0.3) is 0 Å². The molecule has 1 aromatic rings. The van der Waals surface area contributed by atoms with Gasteiger partial charge in [-0.2, -0.15) is 0 Å². The van der Waals surface area contributed by atoms with Crippen LogP contribution in [0.1, 0.15) is 13.3 Å². The third-order valence-corrected chi connectivity index (χ3v) is 2.62. The highest BCUT2D eigenvalue weighted by Gasteiger charge is 2.10. The first kappa shape index (κ1) is 15.4. The van der Waals surface area contributed by atoms with Crippen LogP contribution in [0.15, 0.2) is 24.3 Å². The standard InChI is InChI=1S/C14H20FNO3/c1-3-8-16(11-14(17)18-2)9-10-19-13-7-5-4-6-12(13)15/h4-7H,3,8-11H2,1-2H3. The Kier molecular flexibility index (Phi) is 6.89. The molecule has 0 aliphatic heterocycles. The molecule has 4 nitrogen and oxygen atoms in total. The fourth-order valence-corrected chi connectivity index (χ4v) is 1.68. The number of carbonyl (C=O) groups is 1. The van der Waals surface area contributed by atoms with E-state index in [9.17, 15) is 9.18 Å². The summed E-state index contributed by atoms with van der Waals surface area (Å²) >= 11 is 0. The number of carbonyl (C=O) groups excluding carboxylic acids is 1. The molecule has 0 aromatic heterocycles. The third-order valence-electron chi connectivity index (χ3n) is 2.62. The molecule has 0 N–H and O–H groups in total. The molecule has 0 aliphatic carbocycles. The van der Waals surface area contributed by atoms with Crippen molar-refractivity contribution in [2.24, 2.45) is 0 Å². The zero-order chi connectivity index (χ0) is 14.1. The van der Waals surface area contributed by atoms with Crippen LogP contribution in [0, 0.1) is 5.82 Å². The Balaban J connectivity index is 2.39. The lowest BCUT2D eigenvalue weighted by molar-refractivity contribution is -0.142. The van der Waals surface area contributed by atoms with E-state index in [-0.39, 0.29) is 24.1 Å². The molecule has 0 unspecified atom stereocenters. The van der Waals surface area contributed by atoms with Gasteiger partial charge in [0, 0.05) is 6.54 Å². The summed E-state index contributed by atoms with van der Waals surface area (Å²) in [6.45, 7) is 3.91. The maximum Gasteiger partial charge on any atom is 0.319 e. The van der Waals surface area contributed by atoms with Gasteiger partial charge in [0.1, 0.15) is 6.61 Å². The monoisotopic (exact) mass is 269 g/mol. The molecule has 1 rings (SSSR count).